The lowest BCUT2D eigenvalue weighted by Crippen LogP contribution is -2.30. The molecule has 2 rings (SSSR count). The lowest BCUT2D eigenvalue weighted by molar-refractivity contribution is 0.0779. The second kappa shape index (κ2) is 8.05. The lowest BCUT2D eigenvalue weighted by Gasteiger charge is -2.19. The van der Waals surface area contributed by atoms with E-state index in [-0.39, 0.29) is 21.5 Å². The summed E-state index contributed by atoms with van der Waals surface area (Å²) in [5.41, 5.74) is 0.745. The minimum atomic E-state index is -3.91. The van der Waals surface area contributed by atoms with E-state index in [0.717, 1.165) is 18.2 Å². The maximum absolute atomic E-state index is 13.2. The zero-order valence-electron chi connectivity index (χ0n) is 14.7. The average molecular weight is 399 g/mol. The lowest BCUT2D eigenvalue weighted by atomic mass is 10.1. The van der Waals surface area contributed by atoms with Gasteiger partial charge in [-0.2, -0.15) is 0 Å². The number of benzene rings is 2. The van der Waals surface area contributed by atoms with Crippen LogP contribution in [0.4, 0.5) is 10.1 Å². The topological polar surface area (TPSA) is 66.5 Å². The summed E-state index contributed by atoms with van der Waals surface area (Å²) in [6, 6.07) is 9.26. The Balaban J connectivity index is 2.15. The molecule has 0 saturated carbocycles. The number of halogens is 2. The van der Waals surface area contributed by atoms with Gasteiger partial charge in [-0.25, -0.2) is 12.8 Å². The van der Waals surface area contributed by atoms with Gasteiger partial charge in [-0.1, -0.05) is 25.4 Å². The summed E-state index contributed by atoms with van der Waals surface area (Å²) < 4.78 is 40.3. The van der Waals surface area contributed by atoms with Crippen LogP contribution in [-0.2, 0) is 10.0 Å². The van der Waals surface area contributed by atoms with Crippen LogP contribution < -0.4 is 4.72 Å². The molecule has 0 aliphatic heterocycles. The fourth-order valence-electron chi connectivity index (χ4n) is 2.39. The third-order valence-corrected chi connectivity index (χ3v) is 5.24. The van der Waals surface area contributed by atoms with Crippen molar-refractivity contribution < 1.29 is 17.6 Å². The van der Waals surface area contributed by atoms with Crippen molar-refractivity contribution in [3.8, 4) is 0 Å². The molecule has 8 heteroatoms. The first-order valence-electron chi connectivity index (χ1n) is 7.93. The molecule has 0 fully saturated rings. The Kier molecular flexibility index (Phi) is 6.26. The molecular formula is C18H20ClFN2O3S. The highest BCUT2D eigenvalue weighted by Gasteiger charge is 2.17. The number of carbonyl (C=O) groups excluding carboxylic acids is 1. The number of rotatable bonds is 6. The summed E-state index contributed by atoms with van der Waals surface area (Å²) in [4.78, 5) is 13.8. The van der Waals surface area contributed by atoms with Crippen LogP contribution in [0.15, 0.2) is 47.4 Å². The predicted octanol–water partition coefficient (Wildman–Crippen LogP) is 4.01. The number of nitrogens with one attached hydrogen (secondary N) is 1. The zero-order valence-corrected chi connectivity index (χ0v) is 16.2. The first kappa shape index (κ1) is 20.2. The summed E-state index contributed by atoms with van der Waals surface area (Å²) in [7, 11) is -2.19. The summed E-state index contributed by atoms with van der Waals surface area (Å²) in [5.74, 6) is -0.491. The van der Waals surface area contributed by atoms with Gasteiger partial charge in [0.15, 0.2) is 0 Å². The molecule has 26 heavy (non-hydrogen) atoms. The Morgan fingerprint density at radius 3 is 2.35 bits per heavy atom. The molecule has 1 N–H and O–H groups in total. The monoisotopic (exact) mass is 398 g/mol. The zero-order chi connectivity index (χ0) is 19.5. The molecule has 140 valence electrons. The molecule has 0 aromatic heterocycles. The molecular weight excluding hydrogens is 379 g/mol. The number of carbonyl (C=O) groups is 1. The fraction of sp³-hybridized carbons (Fsp3) is 0.278. The standard InChI is InChI=1S/C18H20ClFN2O3S/c1-12(2)11-22(3)18(23)13-4-6-14(7-5-13)21-26(24,25)15-8-9-17(20)16(19)10-15/h4-10,12,21H,11H2,1-3H3. The van der Waals surface area contributed by atoms with Crippen LogP contribution in [0.3, 0.4) is 0 Å². The van der Waals surface area contributed by atoms with Crippen LogP contribution >= 0.6 is 11.6 Å². The third-order valence-electron chi connectivity index (χ3n) is 3.57. The van der Waals surface area contributed by atoms with Crippen molar-refractivity contribution in [1.82, 2.24) is 4.90 Å². The Labute approximate surface area is 157 Å². The Morgan fingerprint density at radius 2 is 1.81 bits per heavy atom. The summed E-state index contributed by atoms with van der Waals surface area (Å²) in [5, 5.41) is -0.276. The number of anilines is 1. The fourth-order valence-corrected chi connectivity index (χ4v) is 3.72. The Hall–Kier alpha value is -2.12. The van der Waals surface area contributed by atoms with E-state index < -0.39 is 15.8 Å². The molecule has 2 aromatic carbocycles. The number of hydrogen-bond donors (Lipinski definition) is 1. The predicted molar refractivity (Wildman–Crippen MR) is 100 cm³/mol. The van der Waals surface area contributed by atoms with E-state index >= 15 is 0 Å². The molecule has 0 unspecified atom stereocenters. The number of nitrogens with zero attached hydrogens (tertiary/aromatic N) is 1. The maximum Gasteiger partial charge on any atom is 0.261 e. The normalized spacial score (nSPS) is 11.5. The van der Waals surface area contributed by atoms with Gasteiger partial charge in [-0.05, 0) is 48.4 Å². The molecule has 0 spiro atoms. The van der Waals surface area contributed by atoms with Gasteiger partial charge in [-0.3, -0.25) is 9.52 Å². The van der Waals surface area contributed by atoms with Crippen molar-refractivity contribution in [2.75, 3.05) is 18.3 Å². The molecule has 0 saturated heterocycles. The van der Waals surface area contributed by atoms with Gasteiger partial charge >= 0.3 is 0 Å². The van der Waals surface area contributed by atoms with Gasteiger partial charge in [0.1, 0.15) is 5.82 Å². The molecule has 0 aliphatic rings. The molecule has 5 nitrogen and oxygen atoms in total. The van der Waals surface area contributed by atoms with Crippen LogP contribution in [0.1, 0.15) is 24.2 Å². The van der Waals surface area contributed by atoms with Gasteiger partial charge < -0.3 is 4.90 Å². The van der Waals surface area contributed by atoms with Crippen molar-refractivity contribution in [2.45, 2.75) is 18.7 Å². The maximum atomic E-state index is 13.2. The SMILES string of the molecule is CC(C)CN(C)C(=O)c1ccc(NS(=O)(=O)c2ccc(F)c(Cl)c2)cc1. The van der Waals surface area contributed by atoms with Crippen LogP contribution in [-0.4, -0.2) is 32.8 Å². The summed E-state index contributed by atoms with van der Waals surface area (Å²) in [6.45, 7) is 4.66. The van der Waals surface area contributed by atoms with Gasteiger partial charge in [0.05, 0.1) is 9.92 Å². The number of sulfonamides is 1. The van der Waals surface area contributed by atoms with Gasteiger partial charge in [-0.15, -0.1) is 0 Å². The largest absolute Gasteiger partial charge is 0.341 e. The molecule has 2 aromatic rings. The number of hydrogen-bond acceptors (Lipinski definition) is 3. The highest BCUT2D eigenvalue weighted by Crippen LogP contribution is 2.22. The van der Waals surface area contributed by atoms with E-state index in [2.05, 4.69) is 4.72 Å². The van der Waals surface area contributed by atoms with Crippen molar-refractivity contribution >= 4 is 33.2 Å². The number of amides is 1. The second-order valence-corrected chi connectivity index (χ2v) is 8.43. The van der Waals surface area contributed by atoms with Crippen LogP contribution in [0.2, 0.25) is 5.02 Å². The van der Waals surface area contributed by atoms with Gasteiger partial charge in [0.2, 0.25) is 0 Å². The van der Waals surface area contributed by atoms with E-state index in [1.807, 2.05) is 13.8 Å². The molecule has 0 heterocycles. The smallest absolute Gasteiger partial charge is 0.261 e. The Morgan fingerprint density at radius 1 is 1.19 bits per heavy atom. The van der Waals surface area contributed by atoms with Gasteiger partial charge in [0.25, 0.3) is 15.9 Å². The van der Waals surface area contributed by atoms with Crippen molar-refractivity contribution in [1.29, 1.82) is 0 Å². The highest BCUT2D eigenvalue weighted by atomic mass is 35.5. The Bertz CT molecular complexity index is 899. The first-order valence-corrected chi connectivity index (χ1v) is 9.79. The molecule has 1 amide bonds. The van der Waals surface area contributed by atoms with Gasteiger partial charge in [0, 0.05) is 24.8 Å². The van der Waals surface area contributed by atoms with E-state index in [9.17, 15) is 17.6 Å². The van der Waals surface area contributed by atoms with Crippen molar-refractivity contribution in [3.05, 3.63) is 58.9 Å². The molecule has 0 atom stereocenters. The van der Waals surface area contributed by atoms with Crippen LogP contribution in [0, 0.1) is 11.7 Å². The quantitative estimate of drug-likeness (QED) is 0.799. The van der Waals surface area contributed by atoms with Crippen molar-refractivity contribution in [2.24, 2.45) is 5.92 Å². The minimum absolute atomic E-state index is 0.140. The van der Waals surface area contributed by atoms with E-state index in [0.29, 0.717) is 18.0 Å². The van der Waals surface area contributed by atoms with E-state index in [4.69, 9.17) is 11.6 Å². The van der Waals surface area contributed by atoms with E-state index in [1.54, 1.807) is 24.1 Å². The highest BCUT2D eigenvalue weighted by molar-refractivity contribution is 7.92. The van der Waals surface area contributed by atoms with Crippen LogP contribution in [0.5, 0.6) is 0 Å². The molecule has 0 aliphatic carbocycles. The second-order valence-electron chi connectivity index (χ2n) is 6.34. The average Bonchev–Trinajstić information content (AvgIpc) is 2.56. The summed E-state index contributed by atoms with van der Waals surface area (Å²) in [6.07, 6.45) is 0. The third kappa shape index (κ3) is 4.95. The molecule has 0 radical (unpaired) electrons. The summed E-state index contributed by atoms with van der Waals surface area (Å²) >= 11 is 5.63. The minimum Gasteiger partial charge on any atom is -0.341 e. The van der Waals surface area contributed by atoms with Crippen molar-refractivity contribution in [3.63, 3.8) is 0 Å². The molecule has 0 bridgehead atoms. The first-order chi connectivity index (χ1) is 12.1. The van der Waals surface area contributed by atoms with E-state index in [1.165, 1.54) is 12.1 Å². The van der Waals surface area contributed by atoms with Crippen LogP contribution in [0.25, 0.3) is 0 Å².